The fraction of sp³-hybridized carbons (Fsp3) is 0.714. The zero-order valence-corrected chi connectivity index (χ0v) is 11.6. The molecule has 1 aromatic rings. The molecule has 0 aliphatic rings. The highest BCUT2D eigenvalue weighted by atomic mass is 16.3. The second kappa shape index (κ2) is 8.16. The smallest absolute Gasteiger partial charge is 0.0753 e. The third-order valence-corrected chi connectivity index (χ3v) is 3.08. The van der Waals surface area contributed by atoms with Gasteiger partial charge in [-0.15, -0.1) is 0 Å². The second-order valence-electron chi connectivity index (χ2n) is 5.27. The van der Waals surface area contributed by atoms with E-state index in [1.807, 2.05) is 0 Å². The molecule has 18 heavy (non-hydrogen) atoms. The molecule has 0 aliphatic heterocycles. The Hall–Kier alpha value is -1.00. The quantitative estimate of drug-likeness (QED) is 0.743. The Morgan fingerprint density at radius 1 is 1.28 bits per heavy atom. The maximum Gasteiger partial charge on any atom is 0.0753 e. The summed E-state index contributed by atoms with van der Waals surface area (Å²) >= 11 is 0. The van der Waals surface area contributed by atoms with Crippen molar-refractivity contribution in [2.45, 2.75) is 39.7 Å². The molecule has 1 aromatic heterocycles. The zero-order valence-electron chi connectivity index (χ0n) is 11.6. The predicted octanol–water partition coefficient (Wildman–Crippen LogP) is 2.17. The fourth-order valence-corrected chi connectivity index (χ4v) is 2.13. The summed E-state index contributed by atoms with van der Waals surface area (Å²) in [5.74, 6) is 1.18. The number of hydrogen-bond acceptors (Lipinski definition) is 4. The molecule has 0 saturated carbocycles. The highest BCUT2D eigenvalue weighted by molar-refractivity contribution is 5.00. The van der Waals surface area contributed by atoms with E-state index in [0.29, 0.717) is 11.8 Å². The number of nitrogens with one attached hydrogen (secondary N) is 1. The number of aliphatic hydroxyl groups excluding tert-OH is 1. The molecule has 2 atom stereocenters. The van der Waals surface area contributed by atoms with Crippen molar-refractivity contribution in [2.75, 3.05) is 13.2 Å². The summed E-state index contributed by atoms with van der Waals surface area (Å²) in [6.07, 6.45) is 7.19. The SMILES string of the molecule is CC(C)CC(CCO)CNC(C)c1cnccn1. The maximum absolute atomic E-state index is 9.08. The summed E-state index contributed by atoms with van der Waals surface area (Å²) in [4.78, 5) is 8.36. The molecule has 0 spiro atoms. The summed E-state index contributed by atoms with van der Waals surface area (Å²) in [5, 5.41) is 12.6. The van der Waals surface area contributed by atoms with Gasteiger partial charge in [0.25, 0.3) is 0 Å². The van der Waals surface area contributed by atoms with Gasteiger partial charge in [0.15, 0.2) is 0 Å². The Morgan fingerprint density at radius 3 is 2.61 bits per heavy atom. The van der Waals surface area contributed by atoms with Crippen molar-refractivity contribution in [1.82, 2.24) is 15.3 Å². The molecule has 0 aromatic carbocycles. The molecule has 2 N–H and O–H groups in total. The minimum atomic E-state index is 0.201. The van der Waals surface area contributed by atoms with Crippen molar-refractivity contribution in [3.05, 3.63) is 24.3 Å². The maximum atomic E-state index is 9.08. The summed E-state index contributed by atoms with van der Waals surface area (Å²) in [5.41, 5.74) is 0.963. The van der Waals surface area contributed by atoms with Gasteiger partial charge >= 0.3 is 0 Å². The summed E-state index contributed by atoms with van der Waals surface area (Å²) in [7, 11) is 0. The van der Waals surface area contributed by atoms with E-state index in [9.17, 15) is 0 Å². The lowest BCUT2D eigenvalue weighted by molar-refractivity contribution is 0.236. The highest BCUT2D eigenvalue weighted by Gasteiger charge is 2.13. The van der Waals surface area contributed by atoms with Crippen LogP contribution in [-0.2, 0) is 0 Å². The molecule has 1 heterocycles. The van der Waals surface area contributed by atoms with Gasteiger partial charge in [-0.05, 0) is 38.1 Å². The average Bonchev–Trinajstić information content (AvgIpc) is 2.36. The Bertz CT molecular complexity index is 316. The normalized spacial score (nSPS) is 14.7. The molecule has 2 unspecified atom stereocenters. The molecular weight excluding hydrogens is 226 g/mol. The standard InChI is InChI=1S/C14H25N3O/c1-11(2)8-13(4-7-18)9-17-12(3)14-10-15-5-6-16-14/h5-6,10-13,17-18H,4,7-9H2,1-3H3. The highest BCUT2D eigenvalue weighted by Crippen LogP contribution is 2.16. The van der Waals surface area contributed by atoms with Gasteiger partial charge in [0.1, 0.15) is 0 Å². The van der Waals surface area contributed by atoms with E-state index in [4.69, 9.17) is 5.11 Å². The van der Waals surface area contributed by atoms with Gasteiger partial charge in [0.2, 0.25) is 0 Å². The van der Waals surface area contributed by atoms with Gasteiger partial charge in [-0.3, -0.25) is 9.97 Å². The average molecular weight is 251 g/mol. The second-order valence-corrected chi connectivity index (χ2v) is 5.27. The van der Waals surface area contributed by atoms with E-state index in [1.54, 1.807) is 18.6 Å². The first kappa shape index (κ1) is 15.1. The van der Waals surface area contributed by atoms with Crippen molar-refractivity contribution < 1.29 is 5.11 Å². The van der Waals surface area contributed by atoms with E-state index in [2.05, 4.69) is 36.1 Å². The van der Waals surface area contributed by atoms with E-state index in [0.717, 1.165) is 25.1 Å². The molecule has 0 radical (unpaired) electrons. The number of nitrogens with zero attached hydrogens (tertiary/aromatic N) is 2. The lowest BCUT2D eigenvalue weighted by atomic mass is 9.94. The lowest BCUT2D eigenvalue weighted by Crippen LogP contribution is -2.27. The summed E-state index contributed by atoms with van der Waals surface area (Å²) in [6.45, 7) is 7.71. The molecule has 1 rings (SSSR count). The molecular formula is C14H25N3O. The minimum absolute atomic E-state index is 0.201. The minimum Gasteiger partial charge on any atom is -0.396 e. The van der Waals surface area contributed by atoms with Crippen molar-refractivity contribution in [2.24, 2.45) is 11.8 Å². The fourth-order valence-electron chi connectivity index (χ4n) is 2.13. The lowest BCUT2D eigenvalue weighted by Gasteiger charge is -2.21. The Morgan fingerprint density at radius 2 is 2.06 bits per heavy atom. The van der Waals surface area contributed by atoms with Gasteiger partial charge in [0, 0.05) is 31.2 Å². The van der Waals surface area contributed by atoms with Crippen molar-refractivity contribution in [1.29, 1.82) is 0 Å². The van der Waals surface area contributed by atoms with Crippen LogP contribution in [0.2, 0.25) is 0 Å². The molecule has 4 heteroatoms. The molecule has 4 nitrogen and oxygen atoms in total. The van der Waals surface area contributed by atoms with Crippen LogP contribution in [0.5, 0.6) is 0 Å². The molecule has 0 aliphatic carbocycles. The van der Waals surface area contributed by atoms with Crippen LogP contribution in [0.1, 0.15) is 45.3 Å². The Kier molecular flexibility index (Phi) is 6.83. The number of hydrogen-bond donors (Lipinski definition) is 2. The van der Waals surface area contributed by atoms with E-state index in [-0.39, 0.29) is 12.6 Å². The molecule has 102 valence electrons. The van der Waals surface area contributed by atoms with Crippen LogP contribution in [0.3, 0.4) is 0 Å². The number of aliphatic hydroxyl groups is 1. The Labute approximate surface area is 110 Å². The van der Waals surface area contributed by atoms with Crippen LogP contribution in [0, 0.1) is 11.8 Å². The van der Waals surface area contributed by atoms with Crippen molar-refractivity contribution in [3.8, 4) is 0 Å². The van der Waals surface area contributed by atoms with Crippen molar-refractivity contribution in [3.63, 3.8) is 0 Å². The van der Waals surface area contributed by atoms with E-state index < -0.39 is 0 Å². The van der Waals surface area contributed by atoms with Gasteiger partial charge in [-0.25, -0.2) is 0 Å². The predicted molar refractivity (Wildman–Crippen MR) is 73.1 cm³/mol. The van der Waals surface area contributed by atoms with Crippen LogP contribution < -0.4 is 5.32 Å². The molecule has 0 saturated heterocycles. The topological polar surface area (TPSA) is 58.0 Å². The summed E-state index contributed by atoms with van der Waals surface area (Å²) < 4.78 is 0. The largest absolute Gasteiger partial charge is 0.396 e. The monoisotopic (exact) mass is 251 g/mol. The molecule has 0 amide bonds. The number of rotatable bonds is 8. The first-order valence-corrected chi connectivity index (χ1v) is 6.73. The van der Waals surface area contributed by atoms with Crippen LogP contribution in [0.4, 0.5) is 0 Å². The van der Waals surface area contributed by atoms with Crippen LogP contribution >= 0.6 is 0 Å². The van der Waals surface area contributed by atoms with Gasteiger partial charge in [-0.2, -0.15) is 0 Å². The summed E-state index contributed by atoms with van der Waals surface area (Å²) in [6, 6.07) is 0.201. The first-order chi connectivity index (χ1) is 8.63. The molecule has 0 fully saturated rings. The third-order valence-electron chi connectivity index (χ3n) is 3.08. The van der Waals surface area contributed by atoms with Crippen LogP contribution in [-0.4, -0.2) is 28.2 Å². The van der Waals surface area contributed by atoms with E-state index >= 15 is 0 Å². The van der Waals surface area contributed by atoms with Gasteiger partial charge in [-0.1, -0.05) is 13.8 Å². The zero-order chi connectivity index (χ0) is 13.4. The van der Waals surface area contributed by atoms with Gasteiger partial charge < -0.3 is 10.4 Å². The van der Waals surface area contributed by atoms with Crippen molar-refractivity contribution >= 4 is 0 Å². The number of aromatic nitrogens is 2. The first-order valence-electron chi connectivity index (χ1n) is 6.73. The Balaban J connectivity index is 2.41. The van der Waals surface area contributed by atoms with Crippen LogP contribution in [0.15, 0.2) is 18.6 Å². The van der Waals surface area contributed by atoms with Gasteiger partial charge in [0.05, 0.1) is 5.69 Å². The van der Waals surface area contributed by atoms with Crippen LogP contribution in [0.25, 0.3) is 0 Å². The third kappa shape index (κ3) is 5.56. The molecule has 0 bridgehead atoms. The van der Waals surface area contributed by atoms with E-state index in [1.165, 1.54) is 0 Å².